The van der Waals surface area contributed by atoms with Gasteiger partial charge in [-0.25, -0.2) is 8.78 Å². The van der Waals surface area contributed by atoms with Crippen LogP contribution in [-0.4, -0.2) is 33.3 Å². The lowest BCUT2D eigenvalue weighted by Crippen LogP contribution is -2.27. The van der Waals surface area contributed by atoms with Crippen LogP contribution in [0.3, 0.4) is 0 Å². The van der Waals surface area contributed by atoms with E-state index in [9.17, 15) is 8.78 Å². The van der Waals surface area contributed by atoms with Crippen LogP contribution >= 0.6 is 0 Å². The topological polar surface area (TPSA) is 30.5 Å². The molecule has 0 saturated carbocycles. The molecule has 0 spiro atoms. The fourth-order valence-electron chi connectivity index (χ4n) is 1.81. The molecule has 3 nitrogen and oxygen atoms in total. The zero-order valence-corrected chi connectivity index (χ0v) is 11.4. The molecule has 108 valence electrons. The average Bonchev–Trinajstić information content (AvgIpc) is 2.42. The summed E-state index contributed by atoms with van der Waals surface area (Å²) in [6, 6.07) is 7.39. The van der Waals surface area contributed by atoms with Gasteiger partial charge in [0.05, 0.1) is 19.8 Å². The molecule has 0 aliphatic heterocycles. The van der Waals surface area contributed by atoms with E-state index in [1.54, 1.807) is 7.11 Å². The van der Waals surface area contributed by atoms with Gasteiger partial charge in [-0.2, -0.15) is 0 Å². The Balaban J connectivity index is 2.71. The Labute approximate surface area is 112 Å². The number of hydrogen-bond acceptors (Lipinski definition) is 3. The van der Waals surface area contributed by atoms with E-state index < -0.39 is 13.0 Å². The van der Waals surface area contributed by atoms with Crippen LogP contribution in [0.15, 0.2) is 24.3 Å². The lowest BCUT2D eigenvalue weighted by Gasteiger charge is -2.21. The SMILES string of the molecule is CCCNC(COCC(F)F)c1ccccc1OC. The molecule has 0 aliphatic carbocycles. The largest absolute Gasteiger partial charge is 0.496 e. The van der Waals surface area contributed by atoms with Crippen molar-refractivity contribution in [1.29, 1.82) is 0 Å². The second-order valence-electron chi connectivity index (χ2n) is 4.18. The quantitative estimate of drug-likeness (QED) is 0.750. The molecule has 1 aromatic rings. The van der Waals surface area contributed by atoms with Gasteiger partial charge in [-0.1, -0.05) is 25.1 Å². The highest BCUT2D eigenvalue weighted by Gasteiger charge is 2.16. The fraction of sp³-hybridized carbons (Fsp3) is 0.571. The van der Waals surface area contributed by atoms with Crippen molar-refractivity contribution in [2.75, 3.05) is 26.9 Å². The molecule has 0 amide bonds. The summed E-state index contributed by atoms with van der Waals surface area (Å²) in [6.45, 7) is 2.50. The average molecular weight is 273 g/mol. The zero-order chi connectivity index (χ0) is 14.1. The third kappa shape index (κ3) is 5.53. The lowest BCUT2D eigenvalue weighted by atomic mass is 10.1. The Kier molecular flexibility index (Phi) is 7.36. The van der Waals surface area contributed by atoms with E-state index in [0.29, 0.717) is 0 Å². The van der Waals surface area contributed by atoms with Crippen molar-refractivity contribution < 1.29 is 18.3 Å². The van der Waals surface area contributed by atoms with E-state index in [-0.39, 0.29) is 12.6 Å². The lowest BCUT2D eigenvalue weighted by molar-refractivity contribution is 0.00903. The monoisotopic (exact) mass is 273 g/mol. The van der Waals surface area contributed by atoms with Gasteiger partial charge in [-0.3, -0.25) is 0 Å². The maximum atomic E-state index is 12.1. The van der Waals surface area contributed by atoms with Gasteiger partial charge in [-0.05, 0) is 19.0 Å². The smallest absolute Gasteiger partial charge is 0.261 e. The van der Waals surface area contributed by atoms with Crippen LogP contribution in [0.5, 0.6) is 5.75 Å². The van der Waals surface area contributed by atoms with Crippen LogP contribution in [0.25, 0.3) is 0 Å². The summed E-state index contributed by atoms with van der Waals surface area (Å²) in [5.41, 5.74) is 0.924. The summed E-state index contributed by atoms with van der Waals surface area (Å²) < 4.78 is 34.6. The first kappa shape index (κ1) is 15.9. The van der Waals surface area contributed by atoms with Gasteiger partial charge in [0.2, 0.25) is 0 Å². The van der Waals surface area contributed by atoms with Gasteiger partial charge in [0.15, 0.2) is 0 Å². The van der Waals surface area contributed by atoms with Gasteiger partial charge < -0.3 is 14.8 Å². The molecule has 1 aromatic carbocycles. The van der Waals surface area contributed by atoms with E-state index in [1.807, 2.05) is 31.2 Å². The summed E-state index contributed by atoms with van der Waals surface area (Å²) in [6.07, 6.45) is -1.48. The van der Waals surface area contributed by atoms with E-state index in [1.165, 1.54) is 0 Å². The molecule has 1 atom stereocenters. The minimum Gasteiger partial charge on any atom is -0.496 e. The summed E-state index contributed by atoms with van der Waals surface area (Å²) in [5, 5.41) is 3.28. The standard InChI is InChI=1S/C14H21F2NO2/c1-3-8-17-12(9-19-10-14(15)16)11-6-4-5-7-13(11)18-2/h4-7,12,14,17H,3,8-10H2,1-2H3. The molecule has 1 unspecified atom stereocenters. The molecule has 0 radical (unpaired) electrons. The van der Waals surface area contributed by atoms with Crippen LogP contribution < -0.4 is 10.1 Å². The van der Waals surface area contributed by atoms with Gasteiger partial charge in [0.25, 0.3) is 6.43 Å². The van der Waals surface area contributed by atoms with Crippen LogP contribution in [0, 0.1) is 0 Å². The number of para-hydroxylation sites is 1. The van der Waals surface area contributed by atoms with Crippen molar-refractivity contribution >= 4 is 0 Å². The summed E-state index contributed by atoms with van der Waals surface area (Å²) >= 11 is 0. The summed E-state index contributed by atoms with van der Waals surface area (Å²) in [7, 11) is 1.59. The van der Waals surface area contributed by atoms with E-state index >= 15 is 0 Å². The van der Waals surface area contributed by atoms with Crippen LogP contribution in [0.4, 0.5) is 8.78 Å². The van der Waals surface area contributed by atoms with Crippen molar-refractivity contribution in [3.63, 3.8) is 0 Å². The van der Waals surface area contributed by atoms with Crippen LogP contribution in [0.2, 0.25) is 0 Å². The van der Waals surface area contributed by atoms with E-state index in [2.05, 4.69) is 5.32 Å². The van der Waals surface area contributed by atoms with Crippen molar-refractivity contribution in [3.05, 3.63) is 29.8 Å². The normalized spacial score (nSPS) is 12.7. The van der Waals surface area contributed by atoms with Crippen LogP contribution in [0.1, 0.15) is 24.9 Å². The number of ether oxygens (including phenoxy) is 2. The Morgan fingerprint density at radius 2 is 1.95 bits per heavy atom. The molecule has 19 heavy (non-hydrogen) atoms. The second kappa shape index (κ2) is 8.82. The Bertz CT molecular complexity index is 361. The predicted octanol–water partition coefficient (Wildman–Crippen LogP) is 3.02. The molecule has 0 bridgehead atoms. The highest BCUT2D eigenvalue weighted by atomic mass is 19.3. The third-order valence-electron chi connectivity index (χ3n) is 2.68. The molecule has 0 aliphatic rings. The van der Waals surface area contributed by atoms with E-state index in [0.717, 1.165) is 24.3 Å². The molecule has 1 N–H and O–H groups in total. The molecular formula is C14H21F2NO2. The minimum absolute atomic E-state index is 0.144. The maximum Gasteiger partial charge on any atom is 0.261 e. The molecule has 0 saturated heterocycles. The number of halogens is 2. The number of hydrogen-bond donors (Lipinski definition) is 1. The summed E-state index contributed by atoms with van der Waals surface area (Å²) in [5.74, 6) is 0.733. The van der Waals surface area contributed by atoms with Gasteiger partial charge in [-0.15, -0.1) is 0 Å². The molecule has 1 rings (SSSR count). The highest BCUT2D eigenvalue weighted by Crippen LogP contribution is 2.25. The number of nitrogens with one attached hydrogen (secondary N) is 1. The van der Waals surface area contributed by atoms with Crippen molar-refractivity contribution in [2.45, 2.75) is 25.8 Å². The van der Waals surface area contributed by atoms with Crippen molar-refractivity contribution in [1.82, 2.24) is 5.32 Å². The van der Waals surface area contributed by atoms with Crippen LogP contribution in [-0.2, 0) is 4.74 Å². The molecule has 5 heteroatoms. The summed E-state index contributed by atoms with van der Waals surface area (Å²) in [4.78, 5) is 0. The first-order valence-corrected chi connectivity index (χ1v) is 6.41. The molecular weight excluding hydrogens is 252 g/mol. The van der Waals surface area contributed by atoms with Gasteiger partial charge in [0.1, 0.15) is 12.4 Å². The Morgan fingerprint density at radius 1 is 1.21 bits per heavy atom. The first-order valence-electron chi connectivity index (χ1n) is 6.41. The number of rotatable bonds is 9. The Morgan fingerprint density at radius 3 is 2.58 bits per heavy atom. The van der Waals surface area contributed by atoms with E-state index in [4.69, 9.17) is 9.47 Å². The predicted molar refractivity (Wildman–Crippen MR) is 70.9 cm³/mol. The van der Waals surface area contributed by atoms with Gasteiger partial charge in [0, 0.05) is 5.56 Å². The first-order chi connectivity index (χ1) is 9.19. The molecule has 0 fully saturated rings. The highest BCUT2D eigenvalue weighted by molar-refractivity contribution is 5.35. The fourth-order valence-corrected chi connectivity index (χ4v) is 1.81. The molecule has 0 heterocycles. The number of alkyl halides is 2. The van der Waals surface area contributed by atoms with Crippen molar-refractivity contribution in [2.24, 2.45) is 0 Å². The second-order valence-corrected chi connectivity index (χ2v) is 4.18. The minimum atomic E-state index is -2.44. The number of benzene rings is 1. The third-order valence-corrected chi connectivity index (χ3v) is 2.68. The zero-order valence-electron chi connectivity index (χ0n) is 11.4. The molecule has 0 aromatic heterocycles. The van der Waals surface area contributed by atoms with Gasteiger partial charge >= 0.3 is 0 Å². The Hall–Kier alpha value is -1.20. The van der Waals surface area contributed by atoms with Crippen molar-refractivity contribution in [3.8, 4) is 5.75 Å². The number of methoxy groups -OCH3 is 1. The maximum absolute atomic E-state index is 12.1.